The number of benzene rings is 2. The second kappa shape index (κ2) is 10.6. The average molecular weight is 418 g/mol. The lowest BCUT2D eigenvalue weighted by atomic mass is 9.97. The topological polar surface area (TPSA) is 84.9 Å². The second-order valence-electron chi connectivity index (χ2n) is 7.58. The van der Waals surface area contributed by atoms with E-state index in [1.165, 1.54) is 7.11 Å². The standard InChI is InChI=1S/C22H28NO5P/c1-21(2,20(24)25)17-29(26)22(27-3,15-14-18-10-6-4-7-11-18)23-28-16-19-12-8-5-9-13-19/h4-13,23H,14-17H2,1-3H3/p+1. The number of hydrogen-bond acceptors (Lipinski definition) is 5. The first-order chi connectivity index (χ1) is 13.8. The Morgan fingerprint density at radius 3 is 2.10 bits per heavy atom. The second-order valence-corrected chi connectivity index (χ2v) is 9.37. The summed E-state index contributed by atoms with van der Waals surface area (Å²) >= 11 is 0. The lowest BCUT2D eigenvalue weighted by molar-refractivity contribution is -0.145. The van der Waals surface area contributed by atoms with E-state index >= 15 is 0 Å². The Kier molecular flexibility index (Phi) is 8.47. The first kappa shape index (κ1) is 23.2. The van der Waals surface area contributed by atoms with Crippen LogP contribution in [0.15, 0.2) is 60.7 Å². The summed E-state index contributed by atoms with van der Waals surface area (Å²) in [6.45, 7) is 3.39. The molecule has 6 nitrogen and oxygen atoms in total. The third-order valence-electron chi connectivity index (χ3n) is 4.77. The molecule has 156 valence electrons. The van der Waals surface area contributed by atoms with E-state index in [4.69, 9.17) is 9.57 Å². The summed E-state index contributed by atoms with van der Waals surface area (Å²) in [5, 5.41) is 9.44. The van der Waals surface area contributed by atoms with Gasteiger partial charge in [0.1, 0.15) is 5.41 Å². The number of carbonyl (C=O) groups is 1. The van der Waals surface area contributed by atoms with Gasteiger partial charge in [0, 0.05) is 13.5 Å². The molecule has 0 bridgehead atoms. The zero-order valence-electron chi connectivity index (χ0n) is 17.1. The number of ether oxygens (including phenoxy) is 1. The first-order valence-corrected chi connectivity index (χ1v) is 10.9. The Morgan fingerprint density at radius 1 is 1.03 bits per heavy atom. The molecule has 2 N–H and O–H groups in total. The monoisotopic (exact) mass is 418 g/mol. The number of carboxylic acids is 1. The highest BCUT2D eigenvalue weighted by Crippen LogP contribution is 2.45. The van der Waals surface area contributed by atoms with E-state index in [0.717, 1.165) is 11.1 Å². The Bertz CT molecular complexity index is 797. The van der Waals surface area contributed by atoms with Crippen LogP contribution < -0.4 is 5.48 Å². The van der Waals surface area contributed by atoms with Crippen LogP contribution in [-0.4, -0.2) is 29.8 Å². The van der Waals surface area contributed by atoms with Crippen molar-refractivity contribution in [3.63, 3.8) is 0 Å². The summed E-state index contributed by atoms with van der Waals surface area (Å²) in [7, 11) is -0.652. The lowest BCUT2D eigenvalue weighted by Crippen LogP contribution is -2.46. The summed E-state index contributed by atoms with van der Waals surface area (Å²) in [5.74, 6) is -1.00. The predicted octanol–water partition coefficient (Wildman–Crippen LogP) is 4.58. The van der Waals surface area contributed by atoms with Gasteiger partial charge in [-0.1, -0.05) is 65.2 Å². The minimum atomic E-state index is -2.11. The van der Waals surface area contributed by atoms with Gasteiger partial charge in [-0.05, 0) is 31.4 Å². The number of rotatable bonds is 12. The van der Waals surface area contributed by atoms with Crippen LogP contribution in [0.4, 0.5) is 0 Å². The number of aryl methyl sites for hydroxylation is 1. The van der Waals surface area contributed by atoms with Crippen molar-refractivity contribution in [3.8, 4) is 0 Å². The van der Waals surface area contributed by atoms with Gasteiger partial charge >= 0.3 is 19.2 Å². The largest absolute Gasteiger partial charge is 0.481 e. The molecule has 0 radical (unpaired) electrons. The zero-order valence-corrected chi connectivity index (χ0v) is 18.0. The van der Waals surface area contributed by atoms with E-state index in [-0.39, 0.29) is 12.8 Å². The molecule has 7 heteroatoms. The van der Waals surface area contributed by atoms with Gasteiger partial charge in [0.05, 0.1) is 6.61 Å². The van der Waals surface area contributed by atoms with Gasteiger partial charge in [0.25, 0.3) is 0 Å². The summed E-state index contributed by atoms with van der Waals surface area (Å²) in [6, 6.07) is 19.4. The van der Waals surface area contributed by atoms with Crippen LogP contribution in [0.2, 0.25) is 0 Å². The maximum Gasteiger partial charge on any atom is 0.393 e. The maximum atomic E-state index is 13.3. The molecule has 0 saturated carbocycles. The van der Waals surface area contributed by atoms with E-state index in [1.807, 2.05) is 60.7 Å². The number of carboxylic acid groups (broad SMARTS) is 1. The molecule has 2 atom stereocenters. The van der Waals surface area contributed by atoms with Crippen molar-refractivity contribution in [2.45, 2.75) is 38.8 Å². The van der Waals surface area contributed by atoms with Crippen LogP contribution in [-0.2, 0) is 32.0 Å². The van der Waals surface area contributed by atoms with E-state index < -0.39 is 24.7 Å². The van der Waals surface area contributed by atoms with Crippen molar-refractivity contribution in [2.75, 3.05) is 13.3 Å². The molecule has 0 spiro atoms. The highest BCUT2D eigenvalue weighted by molar-refractivity contribution is 7.46. The summed E-state index contributed by atoms with van der Waals surface area (Å²) in [5.41, 5.74) is 2.44. The van der Waals surface area contributed by atoms with Gasteiger partial charge in [-0.3, -0.25) is 9.63 Å². The van der Waals surface area contributed by atoms with Crippen molar-refractivity contribution in [2.24, 2.45) is 5.41 Å². The van der Waals surface area contributed by atoms with Gasteiger partial charge < -0.3 is 9.84 Å². The van der Waals surface area contributed by atoms with Gasteiger partial charge in [-0.15, -0.1) is 5.48 Å². The molecule has 2 aromatic rings. The SMILES string of the molecule is COC(CCc1ccccc1)(NOCc1ccccc1)[P+](=O)CC(C)(C)C(=O)O. The summed E-state index contributed by atoms with van der Waals surface area (Å²) in [6.07, 6.45) is 0.931. The molecular weight excluding hydrogens is 389 g/mol. The fourth-order valence-corrected chi connectivity index (χ4v) is 4.63. The van der Waals surface area contributed by atoms with Crippen LogP contribution in [0.5, 0.6) is 0 Å². The fraction of sp³-hybridized carbons (Fsp3) is 0.409. The number of hydrogen-bond donors (Lipinski definition) is 2. The van der Waals surface area contributed by atoms with Crippen molar-refractivity contribution >= 4 is 13.8 Å². The Hall–Kier alpha value is -2.11. The van der Waals surface area contributed by atoms with E-state index in [2.05, 4.69) is 5.48 Å². The van der Waals surface area contributed by atoms with Crippen LogP contribution in [0.3, 0.4) is 0 Å². The fourth-order valence-electron chi connectivity index (χ4n) is 2.79. The lowest BCUT2D eigenvalue weighted by Gasteiger charge is -2.25. The Labute approximate surface area is 173 Å². The molecule has 0 heterocycles. The Morgan fingerprint density at radius 2 is 1.59 bits per heavy atom. The molecule has 0 aliphatic heterocycles. The predicted molar refractivity (Wildman–Crippen MR) is 113 cm³/mol. The van der Waals surface area contributed by atoms with Gasteiger partial charge in [0.15, 0.2) is 6.16 Å². The molecule has 0 fully saturated rings. The summed E-state index contributed by atoms with van der Waals surface area (Å²) in [4.78, 5) is 17.2. The van der Waals surface area contributed by atoms with Gasteiger partial charge in [0.2, 0.25) is 0 Å². The first-order valence-electron chi connectivity index (χ1n) is 9.49. The molecule has 2 unspecified atom stereocenters. The number of methoxy groups -OCH3 is 1. The van der Waals surface area contributed by atoms with Crippen molar-refractivity contribution in [1.82, 2.24) is 5.48 Å². The molecule has 0 aliphatic carbocycles. The zero-order chi connectivity index (χ0) is 21.3. The molecule has 0 saturated heterocycles. The van der Waals surface area contributed by atoms with Gasteiger partial charge in [-0.25, -0.2) is 0 Å². The minimum absolute atomic E-state index is 0.0397. The van der Waals surface area contributed by atoms with Crippen molar-refractivity contribution < 1.29 is 24.0 Å². The quantitative estimate of drug-likeness (QED) is 0.298. The van der Waals surface area contributed by atoms with E-state index in [9.17, 15) is 14.5 Å². The third kappa shape index (κ3) is 6.72. The highest BCUT2D eigenvalue weighted by Gasteiger charge is 2.53. The average Bonchev–Trinajstić information content (AvgIpc) is 2.71. The molecule has 29 heavy (non-hydrogen) atoms. The molecule has 0 aromatic heterocycles. The summed E-state index contributed by atoms with van der Waals surface area (Å²) < 4.78 is 19.0. The third-order valence-corrected chi connectivity index (χ3v) is 7.15. The number of nitrogens with one attached hydrogen (secondary N) is 1. The number of aliphatic carboxylic acids is 1. The molecule has 2 aromatic carbocycles. The molecular formula is C22H29NO5P+. The van der Waals surface area contributed by atoms with Gasteiger partial charge in [-0.2, -0.15) is 0 Å². The molecule has 0 aliphatic rings. The van der Waals surface area contributed by atoms with E-state index in [0.29, 0.717) is 12.8 Å². The van der Waals surface area contributed by atoms with Crippen LogP contribution in [0.1, 0.15) is 31.4 Å². The van der Waals surface area contributed by atoms with Crippen LogP contribution in [0, 0.1) is 5.41 Å². The minimum Gasteiger partial charge on any atom is -0.481 e. The van der Waals surface area contributed by atoms with E-state index in [1.54, 1.807) is 13.8 Å². The molecule has 2 rings (SSSR count). The van der Waals surface area contributed by atoms with Crippen molar-refractivity contribution in [1.29, 1.82) is 0 Å². The van der Waals surface area contributed by atoms with Crippen LogP contribution in [0.25, 0.3) is 0 Å². The van der Waals surface area contributed by atoms with Crippen LogP contribution >= 0.6 is 7.80 Å². The van der Waals surface area contributed by atoms with Crippen molar-refractivity contribution in [3.05, 3.63) is 71.8 Å². The maximum absolute atomic E-state index is 13.3. The smallest absolute Gasteiger partial charge is 0.393 e. The highest BCUT2D eigenvalue weighted by atomic mass is 31.1. The molecule has 0 amide bonds. The normalized spacial score (nSPS) is 14.2. The Balaban J connectivity index is 2.16. The number of hydroxylamine groups is 1.